The van der Waals surface area contributed by atoms with Crippen LogP contribution in [-0.2, 0) is 4.79 Å². The van der Waals surface area contributed by atoms with Crippen LogP contribution >= 0.6 is 11.6 Å². The number of H-pyrrole nitrogens is 1. The Morgan fingerprint density at radius 3 is 2.42 bits per heavy atom. The van der Waals surface area contributed by atoms with Gasteiger partial charge in [-0.25, -0.2) is 4.99 Å². The number of anilines is 1. The predicted molar refractivity (Wildman–Crippen MR) is 149 cm³/mol. The first kappa shape index (κ1) is 25.5. The number of hydrogen-bond donors (Lipinski definition) is 2. The van der Waals surface area contributed by atoms with Crippen LogP contribution in [0.4, 0.5) is 11.4 Å². The van der Waals surface area contributed by atoms with E-state index >= 15 is 0 Å². The number of rotatable bonds is 9. The lowest BCUT2D eigenvalue weighted by Crippen LogP contribution is -2.38. The first-order valence-corrected chi connectivity index (χ1v) is 12.4. The highest BCUT2D eigenvalue weighted by molar-refractivity contribution is 6.31. The Morgan fingerprint density at radius 2 is 1.75 bits per heavy atom. The summed E-state index contributed by atoms with van der Waals surface area (Å²) in [6.07, 6.45) is 1.94. The van der Waals surface area contributed by atoms with E-state index in [1.54, 1.807) is 12.1 Å². The van der Waals surface area contributed by atoms with Crippen molar-refractivity contribution >= 4 is 45.5 Å². The summed E-state index contributed by atoms with van der Waals surface area (Å²) in [7, 11) is 3.79. The van der Waals surface area contributed by atoms with E-state index in [4.69, 9.17) is 16.6 Å². The maximum absolute atomic E-state index is 12.9. The fourth-order valence-corrected chi connectivity index (χ4v) is 4.33. The smallest absolute Gasteiger partial charge is 0.241 e. The summed E-state index contributed by atoms with van der Waals surface area (Å²) in [6.45, 7) is 3.14. The van der Waals surface area contributed by atoms with E-state index in [2.05, 4.69) is 11.9 Å². The Labute approximate surface area is 216 Å². The highest BCUT2D eigenvalue weighted by Crippen LogP contribution is 2.33. The van der Waals surface area contributed by atoms with E-state index in [1.807, 2.05) is 84.6 Å². The summed E-state index contributed by atoms with van der Waals surface area (Å²) < 4.78 is 0. The standard InChI is InChI=1S/C29H31ClN4O2/c1-4-5-17-34(26(35)19-33(2)3)23-14-12-22(13-15-23)31-28(20-9-7-6-8-10-20)27-24-16-11-21(30)18-25(24)32-29(27)36/h6-16,18,32,36H,4-5,17,19H2,1-3H3. The van der Waals surface area contributed by atoms with Gasteiger partial charge in [0.05, 0.1) is 29.0 Å². The molecule has 36 heavy (non-hydrogen) atoms. The van der Waals surface area contributed by atoms with E-state index in [0.717, 1.165) is 40.7 Å². The van der Waals surface area contributed by atoms with Crippen molar-refractivity contribution in [3.63, 3.8) is 0 Å². The second-order valence-corrected chi connectivity index (χ2v) is 9.45. The summed E-state index contributed by atoms with van der Waals surface area (Å²) >= 11 is 6.17. The van der Waals surface area contributed by atoms with Gasteiger partial charge in [0.2, 0.25) is 5.91 Å². The molecule has 4 rings (SSSR count). The average molecular weight is 503 g/mol. The maximum atomic E-state index is 12.9. The van der Waals surface area contributed by atoms with Gasteiger partial charge in [-0.1, -0.05) is 61.3 Å². The van der Waals surface area contributed by atoms with E-state index in [-0.39, 0.29) is 11.8 Å². The third-order valence-corrected chi connectivity index (χ3v) is 6.15. The van der Waals surface area contributed by atoms with Crippen molar-refractivity contribution in [3.05, 3.63) is 88.9 Å². The number of nitrogens with zero attached hydrogens (tertiary/aromatic N) is 3. The van der Waals surface area contributed by atoms with Crippen LogP contribution in [-0.4, -0.2) is 53.8 Å². The van der Waals surface area contributed by atoms with Crippen LogP contribution < -0.4 is 4.90 Å². The summed E-state index contributed by atoms with van der Waals surface area (Å²) in [4.78, 5) is 24.6. The molecule has 0 fully saturated rings. The van der Waals surface area contributed by atoms with Gasteiger partial charge in [-0.15, -0.1) is 0 Å². The largest absolute Gasteiger partial charge is 0.494 e. The second-order valence-electron chi connectivity index (χ2n) is 9.02. The van der Waals surface area contributed by atoms with Crippen molar-refractivity contribution in [2.75, 3.05) is 32.1 Å². The maximum Gasteiger partial charge on any atom is 0.241 e. The number of unbranched alkanes of at least 4 members (excludes halogenated alkanes) is 1. The Morgan fingerprint density at radius 1 is 1.03 bits per heavy atom. The molecule has 0 unspecified atom stereocenters. The topological polar surface area (TPSA) is 71.9 Å². The lowest BCUT2D eigenvalue weighted by Gasteiger charge is -2.24. The van der Waals surface area contributed by atoms with Crippen LogP contribution in [0.2, 0.25) is 5.02 Å². The number of nitrogens with one attached hydrogen (secondary N) is 1. The molecule has 2 N–H and O–H groups in total. The Hall–Kier alpha value is -3.61. The molecule has 0 atom stereocenters. The van der Waals surface area contributed by atoms with Gasteiger partial charge in [-0.3, -0.25) is 4.79 Å². The number of likely N-dealkylation sites (N-methyl/N-ethyl adjacent to an activating group) is 1. The van der Waals surface area contributed by atoms with Gasteiger partial charge in [0.25, 0.3) is 0 Å². The van der Waals surface area contributed by atoms with Crippen LogP contribution in [0.3, 0.4) is 0 Å². The van der Waals surface area contributed by atoms with Crippen molar-refractivity contribution in [3.8, 4) is 5.88 Å². The summed E-state index contributed by atoms with van der Waals surface area (Å²) in [5.41, 5.74) is 4.43. The molecule has 4 aromatic rings. The van der Waals surface area contributed by atoms with Crippen molar-refractivity contribution in [1.29, 1.82) is 0 Å². The molecule has 1 amide bonds. The summed E-state index contributed by atoms with van der Waals surface area (Å²) in [6, 6.07) is 22.9. The first-order valence-electron chi connectivity index (χ1n) is 12.1. The molecule has 1 heterocycles. The molecule has 6 nitrogen and oxygen atoms in total. The first-order chi connectivity index (χ1) is 17.4. The monoisotopic (exact) mass is 502 g/mol. The van der Waals surface area contributed by atoms with Crippen molar-refractivity contribution in [2.45, 2.75) is 19.8 Å². The Balaban J connectivity index is 1.75. The number of aliphatic imine (C=N–C) groups is 1. The van der Waals surface area contributed by atoms with Gasteiger partial charge >= 0.3 is 0 Å². The number of hydrogen-bond acceptors (Lipinski definition) is 4. The zero-order valence-electron chi connectivity index (χ0n) is 20.8. The number of carbonyl (C=O) groups is 1. The van der Waals surface area contributed by atoms with Gasteiger partial charge < -0.3 is 19.9 Å². The van der Waals surface area contributed by atoms with Crippen molar-refractivity contribution in [2.24, 2.45) is 4.99 Å². The van der Waals surface area contributed by atoms with Crippen molar-refractivity contribution in [1.82, 2.24) is 9.88 Å². The van der Waals surface area contributed by atoms with Gasteiger partial charge in [-0.05, 0) is 56.9 Å². The lowest BCUT2D eigenvalue weighted by molar-refractivity contribution is -0.119. The third-order valence-electron chi connectivity index (χ3n) is 5.91. The van der Waals surface area contributed by atoms with E-state index in [1.165, 1.54) is 0 Å². The quantitative estimate of drug-likeness (QED) is 0.260. The molecule has 0 saturated heterocycles. The van der Waals surface area contributed by atoms with Crippen LogP contribution in [0, 0.1) is 0 Å². The van der Waals surface area contributed by atoms with Crippen molar-refractivity contribution < 1.29 is 9.90 Å². The number of benzene rings is 3. The van der Waals surface area contributed by atoms with Gasteiger partial charge in [0.1, 0.15) is 0 Å². The van der Waals surface area contributed by atoms with Gasteiger partial charge in [-0.2, -0.15) is 0 Å². The average Bonchev–Trinajstić information content (AvgIpc) is 3.18. The van der Waals surface area contributed by atoms with Gasteiger partial charge in [0.15, 0.2) is 5.88 Å². The highest BCUT2D eigenvalue weighted by Gasteiger charge is 2.19. The molecular weight excluding hydrogens is 472 g/mol. The van der Waals surface area contributed by atoms with E-state index in [0.29, 0.717) is 29.4 Å². The number of aromatic nitrogens is 1. The number of carbonyl (C=O) groups excluding carboxylic acids is 1. The van der Waals surface area contributed by atoms with Crippen LogP contribution in [0.1, 0.15) is 30.9 Å². The molecule has 0 spiro atoms. The van der Waals surface area contributed by atoms with E-state index < -0.39 is 0 Å². The molecule has 7 heteroatoms. The number of fused-ring (bicyclic) bond motifs is 1. The van der Waals surface area contributed by atoms with Crippen LogP contribution in [0.5, 0.6) is 5.88 Å². The number of amides is 1. The summed E-state index contributed by atoms with van der Waals surface area (Å²) in [5.74, 6) is 0.101. The fraction of sp³-hybridized carbons (Fsp3) is 0.241. The zero-order valence-corrected chi connectivity index (χ0v) is 21.6. The minimum Gasteiger partial charge on any atom is -0.494 e. The van der Waals surface area contributed by atoms with Crippen LogP contribution in [0.15, 0.2) is 77.8 Å². The minimum absolute atomic E-state index is 0.0338. The molecule has 186 valence electrons. The molecule has 1 aromatic heterocycles. The Bertz CT molecular complexity index is 1360. The lowest BCUT2D eigenvalue weighted by atomic mass is 10.0. The number of halogens is 1. The van der Waals surface area contributed by atoms with Crippen LogP contribution in [0.25, 0.3) is 10.9 Å². The minimum atomic E-state index is 0.0338. The third kappa shape index (κ3) is 5.78. The fourth-order valence-electron chi connectivity index (χ4n) is 4.16. The number of aromatic amines is 1. The Kier molecular flexibility index (Phi) is 8.08. The molecular formula is C29H31ClN4O2. The zero-order chi connectivity index (χ0) is 25.7. The molecule has 0 bridgehead atoms. The molecule has 0 radical (unpaired) electrons. The molecule has 0 saturated carbocycles. The molecule has 3 aromatic carbocycles. The SMILES string of the molecule is CCCCN(C(=O)CN(C)C)c1ccc(N=C(c2ccccc2)c2c(O)[nH]c3cc(Cl)ccc23)cc1. The second kappa shape index (κ2) is 11.4. The molecule has 0 aliphatic rings. The normalized spacial score (nSPS) is 11.9. The number of aromatic hydroxyl groups is 1. The van der Waals surface area contributed by atoms with Gasteiger partial charge in [0, 0.05) is 28.2 Å². The predicted octanol–water partition coefficient (Wildman–Crippen LogP) is 6.39. The molecule has 0 aliphatic heterocycles. The highest BCUT2D eigenvalue weighted by atomic mass is 35.5. The molecule has 0 aliphatic carbocycles. The summed E-state index contributed by atoms with van der Waals surface area (Å²) in [5, 5.41) is 12.3. The van der Waals surface area contributed by atoms with E-state index in [9.17, 15) is 9.90 Å².